The number of H-pyrrole nitrogens is 1. The summed E-state index contributed by atoms with van der Waals surface area (Å²) in [4.78, 5) is 3.27. The molecule has 0 unspecified atom stereocenters. The molecule has 0 amide bonds. The molecule has 68 valence electrons. The number of thioether (sulfide) groups is 1. The van der Waals surface area contributed by atoms with Gasteiger partial charge >= 0.3 is 0 Å². The maximum atomic E-state index is 3.46. The van der Waals surface area contributed by atoms with Gasteiger partial charge in [0.2, 0.25) is 0 Å². The number of hydrogen-bond acceptors (Lipinski definition) is 1. The molecule has 1 aromatic heterocycles. The minimum absolute atomic E-state index is 1.07. The van der Waals surface area contributed by atoms with Gasteiger partial charge in [-0.25, -0.2) is 0 Å². The van der Waals surface area contributed by atoms with Crippen LogP contribution >= 0.6 is 27.7 Å². The van der Waals surface area contributed by atoms with Crippen LogP contribution in [0.15, 0.2) is 28.9 Å². The fourth-order valence-electron chi connectivity index (χ4n) is 1.43. The molecule has 0 radical (unpaired) electrons. The van der Waals surface area contributed by atoms with Gasteiger partial charge in [0, 0.05) is 27.3 Å². The fourth-order valence-corrected chi connectivity index (χ4v) is 2.34. The minimum atomic E-state index is 1.07. The lowest BCUT2D eigenvalue weighted by Crippen LogP contribution is -1.75. The SMILES string of the molecule is CSCc1c[nH]c2cc(Br)ccc12. The molecule has 1 N–H and O–H groups in total. The molecule has 2 aromatic rings. The average Bonchev–Trinajstić information content (AvgIpc) is 2.49. The summed E-state index contributed by atoms with van der Waals surface area (Å²) in [5, 5.41) is 1.33. The van der Waals surface area contributed by atoms with E-state index in [-0.39, 0.29) is 0 Å². The molecule has 3 heteroatoms. The van der Waals surface area contributed by atoms with Crippen LogP contribution in [0.5, 0.6) is 0 Å². The summed E-state index contributed by atoms with van der Waals surface area (Å²) in [5.74, 6) is 1.07. The van der Waals surface area contributed by atoms with E-state index in [4.69, 9.17) is 0 Å². The molecule has 13 heavy (non-hydrogen) atoms. The highest BCUT2D eigenvalue weighted by molar-refractivity contribution is 9.10. The van der Waals surface area contributed by atoms with Crippen molar-refractivity contribution >= 4 is 38.6 Å². The van der Waals surface area contributed by atoms with Gasteiger partial charge in [0.1, 0.15) is 0 Å². The molecule has 0 aliphatic carbocycles. The summed E-state index contributed by atoms with van der Waals surface area (Å²) in [5.41, 5.74) is 2.59. The Balaban J connectivity index is 2.55. The second kappa shape index (κ2) is 3.76. The molecule has 1 heterocycles. The monoisotopic (exact) mass is 255 g/mol. The van der Waals surface area contributed by atoms with Crippen molar-refractivity contribution in [1.29, 1.82) is 0 Å². The molecule has 0 bridgehead atoms. The molecule has 2 rings (SSSR count). The highest BCUT2D eigenvalue weighted by Crippen LogP contribution is 2.24. The third-order valence-electron chi connectivity index (χ3n) is 2.03. The van der Waals surface area contributed by atoms with Crippen molar-refractivity contribution in [2.24, 2.45) is 0 Å². The Morgan fingerprint density at radius 2 is 2.31 bits per heavy atom. The summed E-state index contributed by atoms with van der Waals surface area (Å²) in [7, 11) is 0. The molecule has 1 aromatic carbocycles. The standard InChI is InChI=1S/C10H10BrNS/c1-13-6-7-5-12-10-4-8(11)2-3-9(7)10/h2-5,12H,6H2,1H3. The van der Waals surface area contributed by atoms with Crippen LogP contribution < -0.4 is 0 Å². The number of rotatable bonds is 2. The lowest BCUT2D eigenvalue weighted by atomic mass is 10.2. The summed E-state index contributed by atoms with van der Waals surface area (Å²) in [6.45, 7) is 0. The molecule has 0 fully saturated rings. The predicted octanol–water partition coefficient (Wildman–Crippen LogP) is 3.79. The number of aromatic nitrogens is 1. The zero-order valence-corrected chi connectivity index (χ0v) is 9.71. The molecule has 0 spiro atoms. The highest BCUT2D eigenvalue weighted by atomic mass is 79.9. The van der Waals surface area contributed by atoms with E-state index in [0.717, 1.165) is 10.2 Å². The second-order valence-corrected chi connectivity index (χ2v) is 4.72. The van der Waals surface area contributed by atoms with Gasteiger partial charge in [0.05, 0.1) is 0 Å². The highest BCUT2D eigenvalue weighted by Gasteiger charge is 2.02. The Hall–Kier alpha value is -0.410. The van der Waals surface area contributed by atoms with Crippen LogP contribution in [0.2, 0.25) is 0 Å². The number of nitrogens with one attached hydrogen (secondary N) is 1. The van der Waals surface area contributed by atoms with Crippen LogP contribution in [0.3, 0.4) is 0 Å². The number of benzene rings is 1. The van der Waals surface area contributed by atoms with Crippen molar-refractivity contribution in [2.75, 3.05) is 6.26 Å². The third-order valence-corrected chi connectivity index (χ3v) is 3.12. The number of halogens is 1. The van der Waals surface area contributed by atoms with Crippen LogP contribution in [0, 0.1) is 0 Å². The lowest BCUT2D eigenvalue weighted by molar-refractivity contribution is 1.40. The van der Waals surface area contributed by atoms with Gasteiger partial charge in [0.15, 0.2) is 0 Å². The maximum absolute atomic E-state index is 3.46. The number of aromatic amines is 1. The second-order valence-electron chi connectivity index (χ2n) is 2.94. The first kappa shape index (κ1) is 9.16. The fraction of sp³-hybridized carbons (Fsp3) is 0.200. The van der Waals surface area contributed by atoms with Gasteiger partial charge in [0.25, 0.3) is 0 Å². The lowest BCUT2D eigenvalue weighted by Gasteiger charge is -1.95. The Bertz CT molecular complexity index is 422. The molecule has 0 saturated carbocycles. The van der Waals surface area contributed by atoms with E-state index < -0.39 is 0 Å². The van der Waals surface area contributed by atoms with Crippen LogP contribution in [-0.4, -0.2) is 11.2 Å². The van der Waals surface area contributed by atoms with E-state index >= 15 is 0 Å². The van der Waals surface area contributed by atoms with E-state index in [2.05, 4.69) is 51.6 Å². The number of hydrogen-bond donors (Lipinski definition) is 1. The summed E-state index contributed by atoms with van der Waals surface area (Å²) in [6, 6.07) is 6.35. The van der Waals surface area contributed by atoms with Crippen molar-refractivity contribution in [1.82, 2.24) is 4.98 Å². The van der Waals surface area contributed by atoms with Crippen molar-refractivity contribution in [3.05, 3.63) is 34.4 Å². The van der Waals surface area contributed by atoms with Crippen LogP contribution in [0.25, 0.3) is 10.9 Å². The van der Waals surface area contributed by atoms with Gasteiger partial charge in [-0.15, -0.1) is 0 Å². The number of fused-ring (bicyclic) bond motifs is 1. The van der Waals surface area contributed by atoms with Crippen LogP contribution in [0.1, 0.15) is 5.56 Å². The summed E-state index contributed by atoms with van der Waals surface area (Å²) in [6.07, 6.45) is 4.21. The first-order valence-corrected chi connectivity index (χ1v) is 6.24. The van der Waals surface area contributed by atoms with Crippen molar-refractivity contribution in [2.45, 2.75) is 5.75 Å². The summed E-state index contributed by atoms with van der Waals surface area (Å²) >= 11 is 5.30. The Kier molecular flexibility index (Phi) is 2.65. The predicted molar refractivity (Wildman–Crippen MR) is 63.2 cm³/mol. The van der Waals surface area contributed by atoms with Gasteiger partial charge < -0.3 is 4.98 Å². The largest absolute Gasteiger partial charge is 0.361 e. The van der Waals surface area contributed by atoms with Crippen LogP contribution in [0.4, 0.5) is 0 Å². The first-order chi connectivity index (χ1) is 6.31. The van der Waals surface area contributed by atoms with Gasteiger partial charge in [-0.3, -0.25) is 0 Å². The van der Waals surface area contributed by atoms with E-state index in [0.29, 0.717) is 0 Å². The molecule has 0 aliphatic heterocycles. The smallest absolute Gasteiger partial charge is 0.0468 e. The summed E-state index contributed by atoms with van der Waals surface area (Å²) < 4.78 is 1.12. The first-order valence-electron chi connectivity index (χ1n) is 4.05. The topological polar surface area (TPSA) is 15.8 Å². The normalized spacial score (nSPS) is 10.9. The molecule has 1 nitrogen and oxygen atoms in total. The average molecular weight is 256 g/mol. The Morgan fingerprint density at radius 3 is 3.08 bits per heavy atom. The quantitative estimate of drug-likeness (QED) is 0.864. The zero-order chi connectivity index (χ0) is 9.26. The van der Waals surface area contributed by atoms with Crippen LogP contribution in [-0.2, 0) is 5.75 Å². The van der Waals surface area contributed by atoms with E-state index in [1.807, 2.05) is 11.8 Å². The Labute approximate surface area is 90.0 Å². The third kappa shape index (κ3) is 1.76. The van der Waals surface area contributed by atoms with E-state index in [1.54, 1.807) is 0 Å². The molecular formula is C10H10BrNS. The van der Waals surface area contributed by atoms with Gasteiger partial charge in [-0.1, -0.05) is 22.0 Å². The van der Waals surface area contributed by atoms with Crippen molar-refractivity contribution in [3.8, 4) is 0 Å². The van der Waals surface area contributed by atoms with E-state index in [9.17, 15) is 0 Å². The molecule has 0 saturated heterocycles. The Morgan fingerprint density at radius 1 is 1.46 bits per heavy atom. The molecule has 0 aliphatic rings. The molecular weight excluding hydrogens is 246 g/mol. The van der Waals surface area contributed by atoms with E-state index in [1.165, 1.54) is 16.5 Å². The van der Waals surface area contributed by atoms with Gasteiger partial charge in [-0.05, 0) is 24.0 Å². The maximum Gasteiger partial charge on any atom is 0.0468 e. The molecule has 0 atom stereocenters. The zero-order valence-electron chi connectivity index (χ0n) is 7.30. The minimum Gasteiger partial charge on any atom is -0.361 e. The van der Waals surface area contributed by atoms with Gasteiger partial charge in [-0.2, -0.15) is 11.8 Å². The van der Waals surface area contributed by atoms with Crippen molar-refractivity contribution in [3.63, 3.8) is 0 Å². The van der Waals surface area contributed by atoms with Crippen molar-refractivity contribution < 1.29 is 0 Å².